The molecule has 2 fully saturated rings. The fraction of sp³-hybridized carbons (Fsp3) is 0.588. The van der Waals surface area contributed by atoms with Gasteiger partial charge in [0.25, 0.3) is 5.92 Å². The highest BCUT2D eigenvalue weighted by molar-refractivity contribution is 5.87. The monoisotopic (exact) mass is 293 g/mol. The fourth-order valence-corrected chi connectivity index (χ4v) is 3.81. The molecule has 0 aliphatic carbocycles. The predicted molar refractivity (Wildman–Crippen MR) is 77.1 cm³/mol. The molecule has 2 aliphatic rings. The van der Waals surface area contributed by atoms with Gasteiger partial charge in [-0.2, -0.15) is 0 Å². The van der Waals surface area contributed by atoms with Gasteiger partial charge >= 0.3 is 0 Å². The van der Waals surface area contributed by atoms with E-state index >= 15 is 0 Å². The van der Waals surface area contributed by atoms with Crippen LogP contribution < -0.4 is 0 Å². The van der Waals surface area contributed by atoms with Crippen LogP contribution in [0.25, 0.3) is 0 Å². The second kappa shape index (κ2) is 4.52. The van der Waals surface area contributed by atoms with Crippen molar-refractivity contribution in [3.63, 3.8) is 0 Å². The molecule has 2 aliphatic heterocycles. The van der Waals surface area contributed by atoms with E-state index in [4.69, 9.17) is 0 Å². The van der Waals surface area contributed by atoms with E-state index < -0.39 is 11.3 Å². The van der Waals surface area contributed by atoms with E-state index in [0.29, 0.717) is 0 Å². The lowest BCUT2D eigenvalue weighted by Gasteiger charge is -2.31. The van der Waals surface area contributed by atoms with Crippen LogP contribution in [0, 0.1) is 12.3 Å². The number of carbonyl (C=O) groups excluding carboxylic acids is 1. The molecule has 3 atom stereocenters. The number of nitrogens with zero attached hydrogens (tertiary/aromatic N) is 1. The van der Waals surface area contributed by atoms with Crippen molar-refractivity contribution in [3.05, 3.63) is 35.4 Å². The molecule has 2 nitrogen and oxygen atoms in total. The minimum absolute atomic E-state index is 0.0427. The van der Waals surface area contributed by atoms with E-state index in [0.717, 1.165) is 30.9 Å². The van der Waals surface area contributed by atoms with E-state index in [1.165, 1.54) is 6.92 Å². The van der Waals surface area contributed by atoms with Crippen molar-refractivity contribution in [1.82, 2.24) is 4.90 Å². The maximum absolute atomic E-state index is 13.9. The second-order valence-electron chi connectivity index (χ2n) is 6.80. The average molecular weight is 293 g/mol. The minimum atomic E-state index is -2.98. The van der Waals surface area contributed by atoms with Crippen LogP contribution >= 0.6 is 0 Å². The van der Waals surface area contributed by atoms with Crippen molar-refractivity contribution in [2.45, 2.75) is 58.0 Å². The van der Waals surface area contributed by atoms with Gasteiger partial charge in [-0.15, -0.1) is 0 Å². The van der Waals surface area contributed by atoms with Crippen LogP contribution in [0.15, 0.2) is 24.3 Å². The van der Waals surface area contributed by atoms with Gasteiger partial charge in [0.1, 0.15) is 5.41 Å². The molecule has 3 rings (SSSR count). The first-order chi connectivity index (χ1) is 9.74. The number of hydrogen-bond donors (Lipinski definition) is 0. The van der Waals surface area contributed by atoms with Gasteiger partial charge in [0.05, 0.1) is 6.04 Å². The van der Waals surface area contributed by atoms with Crippen molar-refractivity contribution >= 4 is 5.91 Å². The number of benzene rings is 1. The summed E-state index contributed by atoms with van der Waals surface area (Å²) < 4.78 is 27.8. The summed E-state index contributed by atoms with van der Waals surface area (Å²) in [5.74, 6) is -3.37. The topological polar surface area (TPSA) is 20.3 Å². The van der Waals surface area contributed by atoms with Gasteiger partial charge in [-0.1, -0.05) is 29.8 Å². The summed E-state index contributed by atoms with van der Waals surface area (Å²) in [5.41, 5.74) is 0.640. The van der Waals surface area contributed by atoms with Crippen molar-refractivity contribution in [3.8, 4) is 0 Å². The highest BCUT2D eigenvalue weighted by atomic mass is 19.3. The highest BCUT2D eigenvalue weighted by Gasteiger charge is 2.62. The number of rotatable bonds is 2. The summed E-state index contributed by atoms with van der Waals surface area (Å²) in [6.45, 7) is 4.29. The average Bonchev–Trinajstić information content (AvgIpc) is 2.89. The number of carbonyl (C=O) groups is 1. The molecule has 1 aromatic carbocycles. The Morgan fingerprint density at radius 1 is 1.33 bits per heavy atom. The first-order valence-electron chi connectivity index (χ1n) is 7.51. The van der Waals surface area contributed by atoms with Crippen molar-refractivity contribution in [2.24, 2.45) is 5.41 Å². The van der Waals surface area contributed by atoms with E-state index in [1.54, 1.807) is 4.90 Å². The third kappa shape index (κ3) is 2.07. The standard InChI is InChI=1S/C17H21F2NO/c1-11-5-4-6-12(9-11)14-8-7-13-10-16(2,17(3,18)19)15(21)20(13)14/h4-6,9,13-14H,7-8,10H2,1-3H3/t13-,14+,16+/m0/s1. The Kier molecular flexibility index (Phi) is 3.12. The number of halogens is 2. The quantitative estimate of drug-likeness (QED) is 0.804. The largest absolute Gasteiger partial charge is 0.332 e. The zero-order chi connectivity index (χ0) is 15.4. The van der Waals surface area contributed by atoms with Gasteiger partial charge in [-0.3, -0.25) is 4.79 Å². The molecule has 2 saturated heterocycles. The molecule has 114 valence electrons. The second-order valence-corrected chi connectivity index (χ2v) is 6.80. The molecule has 4 heteroatoms. The van der Waals surface area contributed by atoms with Gasteiger partial charge in [0, 0.05) is 13.0 Å². The molecule has 21 heavy (non-hydrogen) atoms. The lowest BCUT2D eigenvalue weighted by molar-refractivity contribution is -0.156. The molecule has 0 bridgehead atoms. The Balaban J connectivity index is 1.95. The molecule has 0 N–H and O–H groups in total. The summed E-state index contributed by atoms with van der Waals surface area (Å²) in [6.07, 6.45) is 1.94. The Morgan fingerprint density at radius 3 is 2.67 bits per heavy atom. The van der Waals surface area contributed by atoms with Gasteiger partial charge in [0.2, 0.25) is 5.91 Å². The van der Waals surface area contributed by atoms with Crippen LogP contribution in [0.1, 0.15) is 50.3 Å². The Hall–Kier alpha value is -1.45. The first kappa shape index (κ1) is 14.5. The molecule has 0 saturated carbocycles. The number of aryl methyl sites for hydroxylation is 1. The summed E-state index contributed by atoms with van der Waals surface area (Å²) in [6, 6.07) is 7.93. The molecule has 2 heterocycles. The van der Waals surface area contributed by atoms with E-state index in [2.05, 4.69) is 6.07 Å². The lowest BCUT2D eigenvalue weighted by atomic mass is 9.80. The Bertz CT molecular complexity index is 580. The molecule has 1 amide bonds. The van der Waals surface area contributed by atoms with Crippen LogP contribution in [0.4, 0.5) is 8.78 Å². The summed E-state index contributed by atoms with van der Waals surface area (Å²) in [7, 11) is 0. The first-order valence-corrected chi connectivity index (χ1v) is 7.51. The molecular weight excluding hydrogens is 272 g/mol. The number of amides is 1. The number of fused-ring (bicyclic) bond motifs is 1. The normalized spacial score (nSPS) is 32.6. The van der Waals surface area contributed by atoms with Crippen molar-refractivity contribution in [2.75, 3.05) is 0 Å². The molecule has 0 unspecified atom stereocenters. The van der Waals surface area contributed by atoms with Gasteiger partial charge in [-0.05, 0) is 38.7 Å². The van der Waals surface area contributed by atoms with Crippen molar-refractivity contribution < 1.29 is 13.6 Å². The van der Waals surface area contributed by atoms with Gasteiger partial charge in [0.15, 0.2) is 0 Å². The lowest BCUT2D eigenvalue weighted by Crippen LogP contribution is -2.44. The van der Waals surface area contributed by atoms with Crippen LogP contribution in [-0.2, 0) is 4.79 Å². The maximum Gasteiger partial charge on any atom is 0.259 e. The van der Waals surface area contributed by atoms with Crippen LogP contribution in [0.5, 0.6) is 0 Å². The molecule has 0 aromatic heterocycles. The third-order valence-corrected chi connectivity index (χ3v) is 5.25. The van der Waals surface area contributed by atoms with E-state index in [-0.39, 0.29) is 24.4 Å². The Morgan fingerprint density at radius 2 is 2.05 bits per heavy atom. The minimum Gasteiger partial charge on any atom is -0.332 e. The molecule has 0 radical (unpaired) electrons. The molecular formula is C17H21F2NO. The summed E-state index contributed by atoms with van der Waals surface area (Å²) in [4.78, 5) is 14.4. The summed E-state index contributed by atoms with van der Waals surface area (Å²) >= 11 is 0. The van der Waals surface area contributed by atoms with Crippen LogP contribution in [0.2, 0.25) is 0 Å². The molecule has 0 spiro atoms. The van der Waals surface area contributed by atoms with Gasteiger partial charge in [-0.25, -0.2) is 8.78 Å². The van der Waals surface area contributed by atoms with Crippen LogP contribution in [0.3, 0.4) is 0 Å². The van der Waals surface area contributed by atoms with Gasteiger partial charge < -0.3 is 4.90 Å². The Labute approximate surface area is 124 Å². The fourth-order valence-electron chi connectivity index (χ4n) is 3.81. The van der Waals surface area contributed by atoms with Crippen LogP contribution in [-0.4, -0.2) is 22.8 Å². The zero-order valence-electron chi connectivity index (χ0n) is 12.7. The smallest absolute Gasteiger partial charge is 0.259 e. The number of alkyl halides is 2. The van der Waals surface area contributed by atoms with E-state index in [9.17, 15) is 13.6 Å². The highest BCUT2D eigenvalue weighted by Crippen LogP contribution is 2.54. The third-order valence-electron chi connectivity index (χ3n) is 5.25. The SMILES string of the molecule is Cc1cccc([C@H]2CC[C@H]3C[C@@](C)(C(C)(F)F)C(=O)N32)c1. The summed E-state index contributed by atoms with van der Waals surface area (Å²) in [5, 5.41) is 0. The molecule has 1 aromatic rings. The van der Waals surface area contributed by atoms with E-state index in [1.807, 2.05) is 25.1 Å². The van der Waals surface area contributed by atoms with Crippen molar-refractivity contribution in [1.29, 1.82) is 0 Å². The zero-order valence-corrected chi connectivity index (χ0v) is 12.7. The number of hydrogen-bond acceptors (Lipinski definition) is 1. The maximum atomic E-state index is 13.9. The predicted octanol–water partition coefficient (Wildman–Crippen LogP) is 4.09.